The average Bonchev–Trinajstić information content (AvgIpc) is 3.61. The van der Waals surface area contributed by atoms with Crippen LogP contribution in [0, 0.1) is 11.8 Å². The second-order valence-corrected chi connectivity index (χ2v) is 12.3. The molecule has 5 heterocycles. The van der Waals surface area contributed by atoms with E-state index in [1.807, 2.05) is 18.2 Å². The fourth-order valence-corrected chi connectivity index (χ4v) is 6.80. The molecular weight excluding hydrogens is 591 g/mol. The molecule has 0 bridgehead atoms. The zero-order valence-corrected chi connectivity index (χ0v) is 25.2. The summed E-state index contributed by atoms with van der Waals surface area (Å²) >= 11 is 12.8. The highest BCUT2D eigenvalue weighted by Crippen LogP contribution is 2.39. The zero-order chi connectivity index (χ0) is 29.5. The van der Waals surface area contributed by atoms with Gasteiger partial charge in [0.1, 0.15) is 21.5 Å². The Morgan fingerprint density at radius 3 is 2.49 bits per heavy atom. The number of morpholine rings is 1. The van der Waals surface area contributed by atoms with Gasteiger partial charge < -0.3 is 19.0 Å². The number of carbonyl (C=O) groups excluding carboxylic acids is 1. The maximum Gasteiger partial charge on any atom is 0.427 e. The number of imidazole rings is 1. The predicted octanol–water partition coefficient (Wildman–Crippen LogP) is 5.84. The lowest BCUT2D eigenvalue weighted by Crippen LogP contribution is -2.41. The van der Waals surface area contributed by atoms with Gasteiger partial charge in [-0.25, -0.2) is 19.7 Å². The van der Waals surface area contributed by atoms with Gasteiger partial charge in [0.2, 0.25) is 5.95 Å². The van der Waals surface area contributed by atoms with Crippen molar-refractivity contribution in [3.63, 3.8) is 0 Å². The molecule has 7 rings (SSSR count). The monoisotopic (exact) mass is 622 g/mol. The number of benzene rings is 1. The van der Waals surface area contributed by atoms with Crippen LogP contribution in [0.25, 0.3) is 22.4 Å². The van der Waals surface area contributed by atoms with Gasteiger partial charge in [0.25, 0.3) is 0 Å². The van der Waals surface area contributed by atoms with Gasteiger partial charge in [0.15, 0.2) is 17.6 Å². The summed E-state index contributed by atoms with van der Waals surface area (Å²) < 4.78 is 8.25. The van der Waals surface area contributed by atoms with Crippen LogP contribution in [0.15, 0.2) is 42.5 Å². The molecule has 3 aromatic heterocycles. The highest BCUT2D eigenvalue weighted by Gasteiger charge is 2.34. The standard InChI is InChI=1S/C30H32Cl2N8O3/c1-17-7-9-18(10-8-17)15-40-25-24(20-13-22(31)33-23(32)14-20)34-27(28-37-30(41)43-38-28)35-26(25)36-29(40)39-11-12-42-16-21(39)19-5-3-2-4-6-19/h2-6,13-14,17-18,21,28,38H,7-12,15-16H2,1H3,(H,37,41)/t17?,18?,21-,28?/m0/s1. The molecule has 2 saturated heterocycles. The summed E-state index contributed by atoms with van der Waals surface area (Å²) in [6.45, 7) is 4.89. The third-order valence-electron chi connectivity index (χ3n) is 8.57. The van der Waals surface area contributed by atoms with Gasteiger partial charge in [-0.1, -0.05) is 73.3 Å². The maximum atomic E-state index is 11.9. The Morgan fingerprint density at radius 2 is 1.77 bits per heavy atom. The van der Waals surface area contributed by atoms with Gasteiger partial charge in [0.05, 0.1) is 19.3 Å². The minimum Gasteiger partial charge on any atom is -0.377 e. The number of anilines is 1. The molecule has 43 heavy (non-hydrogen) atoms. The lowest BCUT2D eigenvalue weighted by molar-refractivity contribution is 0.0927. The Kier molecular flexibility index (Phi) is 7.81. The Balaban J connectivity index is 1.44. The molecule has 3 aliphatic rings. The fraction of sp³-hybridized carbons (Fsp3) is 0.433. The van der Waals surface area contributed by atoms with Crippen molar-refractivity contribution in [2.24, 2.45) is 11.8 Å². The van der Waals surface area contributed by atoms with Crippen molar-refractivity contribution in [1.82, 2.24) is 35.3 Å². The van der Waals surface area contributed by atoms with Crippen LogP contribution in [0.1, 0.15) is 56.2 Å². The van der Waals surface area contributed by atoms with Crippen molar-refractivity contribution in [1.29, 1.82) is 0 Å². The van der Waals surface area contributed by atoms with Crippen LogP contribution >= 0.6 is 23.2 Å². The summed E-state index contributed by atoms with van der Waals surface area (Å²) in [5, 5.41) is 3.19. The molecule has 11 nitrogen and oxygen atoms in total. The Hall–Kier alpha value is -3.51. The summed E-state index contributed by atoms with van der Waals surface area (Å²) in [4.78, 5) is 38.3. The minimum atomic E-state index is -0.752. The van der Waals surface area contributed by atoms with Crippen LogP contribution in [0.4, 0.5) is 10.7 Å². The molecular formula is C30H32Cl2N8O3. The van der Waals surface area contributed by atoms with Gasteiger partial charge >= 0.3 is 6.09 Å². The number of hydroxylamine groups is 1. The summed E-state index contributed by atoms with van der Waals surface area (Å²) in [6.07, 6.45) is 3.32. The minimum absolute atomic E-state index is 0.0261. The van der Waals surface area contributed by atoms with Crippen molar-refractivity contribution in [3.8, 4) is 11.3 Å². The lowest BCUT2D eigenvalue weighted by atomic mass is 9.83. The van der Waals surface area contributed by atoms with E-state index in [9.17, 15) is 4.79 Å². The van der Waals surface area contributed by atoms with E-state index in [2.05, 4.69) is 44.3 Å². The molecule has 0 radical (unpaired) electrons. The number of rotatable bonds is 6. The normalized spacial score (nSPS) is 24.3. The number of carbonyl (C=O) groups is 1. The number of hydrogen-bond acceptors (Lipinski definition) is 9. The number of fused-ring (bicyclic) bond motifs is 1. The predicted molar refractivity (Wildman–Crippen MR) is 163 cm³/mol. The van der Waals surface area contributed by atoms with E-state index in [0.29, 0.717) is 48.4 Å². The van der Waals surface area contributed by atoms with Crippen molar-refractivity contribution in [3.05, 3.63) is 64.2 Å². The van der Waals surface area contributed by atoms with Crippen molar-refractivity contribution >= 4 is 46.4 Å². The first kappa shape index (κ1) is 28.3. The number of aromatic nitrogens is 5. The molecule has 0 spiro atoms. The number of ether oxygens (including phenoxy) is 1. The molecule has 1 amide bonds. The number of nitrogens with one attached hydrogen (secondary N) is 2. The van der Waals surface area contributed by atoms with Gasteiger partial charge in [-0.2, -0.15) is 4.98 Å². The number of nitrogens with zero attached hydrogens (tertiary/aromatic N) is 6. The quantitative estimate of drug-likeness (QED) is 0.255. The summed E-state index contributed by atoms with van der Waals surface area (Å²) in [7, 11) is 0. The lowest BCUT2D eigenvalue weighted by Gasteiger charge is -2.37. The Labute approximate surface area is 258 Å². The van der Waals surface area contributed by atoms with E-state index in [-0.39, 0.29) is 16.3 Å². The summed E-state index contributed by atoms with van der Waals surface area (Å²) in [6, 6.07) is 13.8. The molecule has 13 heteroatoms. The SMILES string of the molecule is CC1CCC(Cn2c(N3CCOC[C@H]3c3ccccc3)nc3nc(C4NOC(=O)N4)nc(-c4cc(Cl)nc(Cl)c4)c32)CC1. The fourth-order valence-electron chi connectivity index (χ4n) is 6.34. The Bertz CT molecular complexity index is 1620. The third kappa shape index (κ3) is 5.74. The van der Waals surface area contributed by atoms with Crippen molar-refractivity contribution in [2.75, 3.05) is 24.7 Å². The molecule has 2 aliphatic heterocycles. The Morgan fingerprint density at radius 1 is 1.00 bits per heavy atom. The first-order chi connectivity index (χ1) is 20.9. The van der Waals surface area contributed by atoms with E-state index in [4.69, 9.17) is 47.7 Å². The zero-order valence-electron chi connectivity index (χ0n) is 23.7. The molecule has 1 aromatic carbocycles. The van der Waals surface area contributed by atoms with Crippen molar-refractivity contribution < 1.29 is 14.4 Å². The number of hydrogen-bond donors (Lipinski definition) is 2. The van der Waals surface area contributed by atoms with Crippen LogP contribution in [-0.4, -0.2) is 50.4 Å². The van der Waals surface area contributed by atoms with E-state index in [0.717, 1.165) is 42.3 Å². The highest BCUT2D eigenvalue weighted by molar-refractivity contribution is 6.33. The highest BCUT2D eigenvalue weighted by atomic mass is 35.5. The number of halogens is 2. The van der Waals surface area contributed by atoms with Crippen LogP contribution in [0.3, 0.4) is 0 Å². The average molecular weight is 624 g/mol. The third-order valence-corrected chi connectivity index (χ3v) is 8.96. The molecule has 1 unspecified atom stereocenters. The van der Waals surface area contributed by atoms with Crippen LogP contribution in [0.2, 0.25) is 10.3 Å². The molecule has 224 valence electrons. The van der Waals surface area contributed by atoms with Crippen LogP contribution in [0.5, 0.6) is 0 Å². The smallest absolute Gasteiger partial charge is 0.377 e. The second-order valence-electron chi connectivity index (χ2n) is 11.5. The molecule has 3 fully saturated rings. The topological polar surface area (TPSA) is 119 Å². The summed E-state index contributed by atoms with van der Waals surface area (Å²) in [5.41, 5.74) is 6.37. The maximum absolute atomic E-state index is 11.9. The summed E-state index contributed by atoms with van der Waals surface area (Å²) in [5.74, 6) is 2.33. The molecule has 1 saturated carbocycles. The van der Waals surface area contributed by atoms with E-state index in [1.54, 1.807) is 12.1 Å². The van der Waals surface area contributed by atoms with Gasteiger partial charge in [-0.05, 0) is 42.4 Å². The first-order valence-electron chi connectivity index (χ1n) is 14.7. The van der Waals surface area contributed by atoms with E-state index >= 15 is 0 Å². The van der Waals surface area contributed by atoms with E-state index in [1.165, 1.54) is 12.8 Å². The molecule has 1 aliphatic carbocycles. The van der Waals surface area contributed by atoms with Crippen LogP contribution < -0.4 is 15.7 Å². The molecule has 2 atom stereocenters. The van der Waals surface area contributed by atoms with Gasteiger partial charge in [-0.15, -0.1) is 5.48 Å². The largest absolute Gasteiger partial charge is 0.427 e. The van der Waals surface area contributed by atoms with Gasteiger partial charge in [-0.3, -0.25) is 5.32 Å². The van der Waals surface area contributed by atoms with Gasteiger partial charge in [0, 0.05) is 18.7 Å². The number of pyridine rings is 1. The first-order valence-corrected chi connectivity index (χ1v) is 15.4. The molecule has 2 N–H and O–H groups in total. The van der Waals surface area contributed by atoms with Crippen molar-refractivity contribution in [2.45, 2.75) is 51.4 Å². The second kappa shape index (κ2) is 11.9. The van der Waals surface area contributed by atoms with Crippen LogP contribution in [-0.2, 0) is 16.1 Å². The molecule has 4 aromatic rings. The van der Waals surface area contributed by atoms with E-state index < -0.39 is 12.3 Å². The number of amides is 1.